The summed E-state index contributed by atoms with van der Waals surface area (Å²) >= 11 is 0. The van der Waals surface area contributed by atoms with Gasteiger partial charge in [-0.3, -0.25) is 0 Å². The van der Waals surface area contributed by atoms with Crippen LogP contribution in [-0.2, 0) is 4.74 Å². The third-order valence-electron chi connectivity index (χ3n) is 3.74. The third-order valence-corrected chi connectivity index (χ3v) is 3.74. The maximum absolute atomic E-state index is 6.04. The minimum Gasteiger partial charge on any atom is -0.375 e. The lowest BCUT2D eigenvalue weighted by molar-refractivity contribution is -0.0374. The summed E-state index contributed by atoms with van der Waals surface area (Å²) < 4.78 is 5.91. The molecule has 0 bridgehead atoms. The molecule has 1 aliphatic carbocycles. The van der Waals surface area contributed by atoms with Crippen molar-refractivity contribution in [2.24, 2.45) is 11.7 Å². The quantitative estimate of drug-likeness (QED) is 0.751. The van der Waals surface area contributed by atoms with E-state index >= 15 is 0 Å². The normalized spacial score (nSPS) is 31.7. The Morgan fingerprint density at radius 1 is 1.43 bits per heavy atom. The summed E-state index contributed by atoms with van der Waals surface area (Å²) in [7, 11) is 0. The monoisotopic (exact) mass is 197 g/mol. The van der Waals surface area contributed by atoms with Gasteiger partial charge in [0.05, 0.1) is 12.2 Å². The van der Waals surface area contributed by atoms with Crippen LogP contribution in [0.25, 0.3) is 0 Å². The predicted octanol–water partition coefficient (Wildman–Crippen LogP) is 2.46. The molecule has 0 amide bonds. The number of hydrogen-bond donors (Lipinski definition) is 1. The molecule has 82 valence electrons. The van der Waals surface area contributed by atoms with Gasteiger partial charge in [0, 0.05) is 6.04 Å². The molecule has 2 atom stereocenters. The first-order valence-electron chi connectivity index (χ1n) is 6.14. The summed E-state index contributed by atoms with van der Waals surface area (Å²) in [4.78, 5) is 0. The molecule has 0 aromatic carbocycles. The average molecular weight is 197 g/mol. The molecule has 1 saturated carbocycles. The zero-order valence-electron chi connectivity index (χ0n) is 9.30. The number of hydrogen-bond acceptors (Lipinski definition) is 2. The minimum atomic E-state index is 0.353. The lowest BCUT2D eigenvalue weighted by atomic mass is 9.90. The highest BCUT2D eigenvalue weighted by Gasteiger charge is 2.46. The Morgan fingerprint density at radius 2 is 2.21 bits per heavy atom. The topological polar surface area (TPSA) is 35.2 Å². The number of ether oxygens (including phenoxy) is 1. The molecule has 2 N–H and O–H groups in total. The number of nitrogens with two attached hydrogens (primary N) is 1. The van der Waals surface area contributed by atoms with E-state index in [9.17, 15) is 0 Å². The van der Waals surface area contributed by atoms with Crippen LogP contribution in [0.15, 0.2) is 0 Å². The Kier molecular flexibility index (Phi) is 3.13. The van der Waals surface area contributed by atoms with Crippen LogP contribution < -0.4 is 5.73 Å². The summed E-state index contributed by atoms with van der Waals surface area (Å²) in [5.41, 5.74) is 6.40. The largest absolute Gasteiger partial charge is 0.375 e. The molecule has 0 unspecified atom stereocenters. The van der Waals surface area contributed by atoms with Crippen LogP contribution in [0.2, 0.25) is 0 Å². The van der Waals surface area contributed by atoms with E-state index in [0.717, 1.165) is 12.5 Å². The summed E-state index contributed by atoms with van der Waals surface area (Å²) in [5.74, 6) is 0.739. The summed E-state index contributed by atoms with van der Waals surface area (Å²) in [6.07, 6.45) is 8.79. The van der Waals surface area contributed by atoms with Crippen LogP contribution in [0.4, 0.5) is 0 Å². The fourth-order valence-electron chi connectivity index (χ4n) is 2.55. The van der Waals surface area contributed by atoms with Crippen molar-refractivity contribution < 1.29 is 4.74 Å². The first-order valence-corrected chi connectivity index (χ1v) is 6.14. The van der Waals surface area contributed by atoms with Crippen LogP contribution in [0.5, 0.6) is 0 Å². The van der Waals surface area contributed by atoms with Crippen LogP contribution in [0, 0.1) is 5.92 Å². The van der Waals surface area contributed by atoms with Gasteiger partial charge >= 0.3 is 0 Å². The molecular formula is C12H23NO. The molecule has 1 spiro atoms. The average Bonchev–Trinajstić information content (AvgIpc) is 2.91. The van der Waals surface area contributed by atoms with Crippen molar-refractivity contribution in [2.75, 3.05) is 6.61 Å². The zero-order valence-corrected chi connectivity index (χ0v) is 9.30. The van der Waals surface area contributed by atoms with Gasteiger partial charge in [-0.05, 0) is 44.4 Å². The van der Waals surface area contributed by atoms with E-state index in [-0.39, 0.29) is 0 Å². The molecule has 2 rings (SSSR count). The van der Waals surface area contributed by atoms with Crippen molar-refractivity contribution in [1.29, 1.82) is 0 Å². The molecule has 2 nitrogen and oxygen atoms in total. The highest BCUT2D eigenvalue weighted by Crippen LogP contribution is 2.47. The third kappa shape index (κ3) is 2.48. The van der Waals surface area contributed by atoms with Gasteiger partial charge in [-0.2, -0.15) is 0 Å². The van der Waals surface area contributed by atoms with Gasteiger partial charge in [0.15, 0.2) is 0 Å². The maximum atomic E-state index is 6.04. The smallest absolute Gasteiger partial charge is 0.0685 e. The molecule has 0 radical (unpaired) electrons. The molecule has 2 heteroatoms. The van der Waals surface area contributed by atoms with Gasteiger partial charge in [0.25, 0.3) is 0 Å². The van der Waals surface area contributed by atoms with Gasteiger partial charge in [-0.1, -0.05) is 13.3 Å². The molecule has 1 saturated heterocycles. The van der Waals surface area contributed by atoms with Gasteiger partial charge in [0.1, 0.15) is 0 Å². The SMILES string of the molecule is CCC[C@@H](N)C[C@H]1CCC2(CC2)OC1. The predicted molar refractivity (Wildman–Crippen MR) is 58.1 cm³/mol. The fraction of sp³-hybridized carbons (Fsp3) is 1.00. The first-order chi connectivity index (χ1) is 6.74. The Hall–Kier alpha value is -0.0800. The van der Waals surface area contributed by atoms with E-state index in [1.807, 2.05) is 0 Å². The maximum Gasteiger partial charge on any atom is 0.0685 e. The van der Waals surface area contributed by atoms with Crippen LogP contribution in [0.3, 0.4) is 0 Å². The molecule has 0 aromatic rings. The van der Waals surface area contributed by atoms with Gasteiger partial charge in [-0.15, -0.1) is 0 Å². The lowest BCUT2D eigenvalue weighted by Crippen LogP contribution is -2.32. The van der Waals surface area contributed by atoms with E-state index in [2.05, 4.69) is 6.92 Å². The van der Waals surface area contributed by atoms with Gasteiger partial charge in [0.2, 0.25) is 0 Å². The van der Waals surface area contributed by atoms with Crippen molar-refractivity contribution in [3.8, 4) is 0 Å². The Labute approximate surface area is 87.2 Å². The Morgan fingerprint density at radius 3 is 2.71 bits per heavy atom. The Balaban J connectivity index is 1.67. The summed E-state index contributed by atoms with van der Waals surface area (Å²) in [5, 5.41) is 0. The second-order valence-corrected chi connectivity index (χ2v) is 5.18. The fourth-order valence-corrected chi connectivity index (χ4v) is 2.55. The van der Waals surface area contributed by atoms with Crippen LogP contribution in [0.1, 0.15) is 51.9 Å². The highest BCUT2D eigenvalue weighted by atomic mass is 16.5. The molecule has 2 aliphatic rings. The van der Waals surface area contributed by atoms with Crippen molar-refractivity contribution >= 4 is 0 Å². The first kappa shape index (κ1) is 10.4. The molecule has 1 aliphatic heterocycles. The second kappa shape index (κ2) is 4.19. The van der Waals surface area contributed by atoms with Crippen molar-refractivity contribution in [3.63, 3.8) is 0 Å². The van der Waals surface area contributed by atoms with E-state index in [4.69, 9.17) is 10.5 Å². The number of rotatable bonds is 4. The van der Waals surface area contributed by atoms with Crippen molar-refractivity contribution in [1.82, 2.24) is 0 Å². The molecule has 0 aromatic heterocycles. The summed E-state index contributed by atoms with van der Waals surface area (Å²) in [6.45, 7) is 3.17. The van der Waals surface area contributed by atoms with Gasteiger partial charge in [-0.25, -0.2) is 0 Å². The van der Waals surface area contributed by atoms with Gasteiger partial charge < -0.3 is 10.5 Å². The van der Waals surface area contributed by atoms with E-state index < -0.39 is 0 Å². The lowest BCUT2D eigenvalue weighted by Gasteiger charge is -2.30. The highest BCUT2D eigenvalue weighted by molar-refractivity contribution is 4.98. The molecule has 1 heterocycles. The second-order valence-electron chi connectivity index (χ2n) is 5.18. The Bertz CT molecular complexity index is 179. The summed E-state index contributed by atoms with van der Waals surface area (Å²) in [6, 6.07) is 0.404. The molecule has 2 fully saturated rings. The molecular weight excluding hydrogens is 174 g/mol. The van der Waals surface area contributed by atoms with Crippen molar-refractivity contribution in [2.45, 2.75) is 63.5 Å². The van der Waals surface area contributed by atoms with Crippen LogP contribution >= 0.6 is 0 Å². The zero-order chi connectivity index (χ0) is 10.0. The van der Waals surface area contributed by atoms with E-state index in [0.29, 0.717) is 11.6 Å². The molecule has 14 heavy (non-hydrogen) atoms. The van der Waals surface area contributed by atoms with Crippen molar-refractivity contribution in [3.05, 3.63) is 0 Å². The standard InChI is InChI=1S/C12H23NO/c1-2-3-11(13)8-10-4-5-12(6-7-12)14-9-10/h10-11H,2-9,13H2,1H3/t10-,11-/m1/s1. The van der Waals surface area contributed by atoms with E-state index in [1.165, 1.54) is 44.9 Å². The van der Waals surface area contributed by atoms with E-state index in [1.54, 1.807) is 0 Å². The minimum absolute atomic E-state index is 0.353. The van der Waals surface area contributed by atoms with Crippen LogP contribution in [-0.4, -0.2) is 18.2 Å².